The molecule has 0 spiro atoms. The Hall–Kier alpha value is -1.97. The number of ether oxygens (including phenoxy) is 1. The van der Waals surface area contributed by atoms with E-state index in [4.69, 9.17) is 10.5 Å². The van der Waals surface area contributed by atoms with Crippen molar-refractivity contribution in [2.45, 2.75) is 25.7 Å². The Morgan fingerprint density at radius 2 is 2.16 bits per heavy atom. The van der Waals surface area contributed by atoms with Gasteiger partial charge < -0.3 is 15.5 Å². The predicted octanol–water partition coefficient (Wildman–Crippen LogP) is 3.10. The van der Waals surface area contributed by atoms with Crippen LogP contribution in [-0.2, 0) is 4.74 Å². The highest BCUT2D eigenvalue weighted by atomic mass is 16.5. The lowest BCUT2D eigenvalue weighted by atomic mass is 10.1. The van der Waals surface area contributed by atoms with E-state index >= 15 is 0 Å². The average molecular weight is 258 g/mol. The minimum Gasteiger partial charge on any atom is -0.462 e. The number of carbonyl (C=O) groups excluding carboxylic acids is 1. The fraction of sp³-hybridized carbons (Fsp3) is 0.400. The number of aromatic amines is 1. The summed E-state index contributed by atoms with van der Waals surface area (Å²) in [5, 5.41) is 0.866. The summed E-state index contributed by atoms with van der Waals surface area (Å²) in [5.41, 5.74) is 7.85. The van der Waals surface area contributed by atoms with Gasteiger partial charge in [-0.25, -0.2) is 4.79 Å². The highest BCUT2D eigenvalue weighted by Gasteiger charge is 2.19. The van der Waals surface area contributed by atoms with Crippen LogP contribution in [0.25, 0.3) is 10.9 Å². The lowest BCUT2D eigenvalue weighted by molar-refractivity contribution is 0.0445. The van der Waals surface area contributed by atoms with Gasteiger partial charge in [0.1, 0.15) is 0 Å². The summed E-state index contributed by atoms with van der Waals surface area (Å²) >= 11 is 0. The largest absolute Gasteiger partial charge is 0.462 e. The van der Waals surface area contributed by atoms with Crippen LogP contribution in [0.15, 0.2) is 24.4 Å². The van der Waals surface area contributed by atoms with Crippen LogP contribution in [0.1, 0.15) is 36.0 Å². The molecule has 1 saturated carbocycles. The molecule has 0 radical (unpaired) electrons. The monoisotopic (exact) mass is 258 g/mol. The molecule has 1 aromatic heterocycles. The number of rotatable bonds is 3. The molecule has 3 rings (SSSR count). The Morgan fingerprint density at radius 1 is 1.37 bits per heavy atom. The number of benzene rings is 1. The first-order valence-corrected chi connectivity index (χ1v) is 6.78. The third-order valence-electron chi connectivity index (χ3n) is 3.85. The van der Waals surface area contributed by atoms with E-state index in [-0.39, 0.29) is 5.97 Å². The third kappa shape index (κ3) is 2.43. The highest BCUT2D eigenvalue weighted by molar-refractivity contribution is 6.04. The number of H-pyrrole nitrogens is 1. The Bertz CT molecular complexity index is 597. The Labute approximate surface area is 111 Å². The third-order valence-corrected chi connectivity index (χ3v) is 3.85. The summed E-state index contributed by atoms with van der Waals surface area (Å²) in [6.07, 6.45) is 6.57. The molecule has 1 fully saturated rings. The molecular formula is C15H18N2O2. The fourth-order valence-corrected chi connectivity index (χ4v) is 2.76. The lowest BCUT2D eigenvalue weighted by Gasteiger charge is -2.09. The predicted molar refractivity (Wildman–Crippen MR) is 75.0 cm³/mol. The summed E-state index contributed by atoms with van der Waals surface area (Å²) in [7, 11) is 0. The number of nitrogen functional groups attached to an aromatic ring is 1. The number of carbonyl (C=O) groups is 1. The zero-order valence-corrected chi connectivity index (χ0v) is 10.8. The second-order valence-corrected chi connectivity index (χ2v) is 5.26. The van der Waals surface area contributed by atoms with Crippen molar-refractivity contribution in [3.63, 3.8) is 0 Å². The molecule has 100 valence electrons. The normalized spacial score (nSPS) is 16.0. The van der Waals surface area contributed by atoms with Crippen molar-refractivity contribution >= 4 is 22.6 Å². The topological polar surface area (TPSA) is 68.1 Å². The maximum absolute atomic E-state index is 12.1. The van der Waals surface area contributed by atoms with E-state index in [1.165, 1.54) is 25.7 Å². The van der Waals surface area contributed by atoms with E-state index < -0.39 is 0 Å². The number of hydrogen-bond donors (Lipinski definition) is 2. The number of hydrogen-bond acceptors (Lipinski definition) is 3. The quantitative estimate of drug-likeness (QED) is 0.656. The van der Waals surface area contributed by atoms with Crippen molar-refractivity contribution in [2.24, 2.45) is 5.92 Å². The molecule has 3 N–H and O–H groups in total. The van der Waals surface area contributed by atoms with Crippen molar-refractivity contribution in [3.05, 3.63) is 30.0 Å². The minimum atomic E-state index is -0.247. The number of esters is 1. The van der Waals surface area contributed by atoms with Crippen molar-refractivity contribution in [3.8, 4) is 0 Å². The second-order valence-electron chi connectivity index (χ2n) is 5.26. The molecule has 0 saturated heterocycles. The zero-order valence-electron chi connectivity index (χ0n) is 10.8. The van der Waals surface area contributed by atoms with E-state index in [9.17, 15) is 4.79 Å². The summed E-state index contributed by atoms with van der Waals surface area (Å²) in [6, 6.07) is 5.47. The maximum atomic E-state index is 12.1. The molecule has 1 heterocycles. The SMILES string of the molecule is Nc1ccc2c(C(=O)OCC3CCCC3)c[nH]c2c1. The molecule has 0 atom stereocenters. The molecular weight excluding hydrogens is 240 g/mol. The fourth-order valence-electron chi connectivity index (χ4n) is 2.76. The van der Waals surface area contributed by atoms with Crippen LogP contribution in [0.4, 0.5) is 5.69 Å². The standard InChI is InChI=1S/C15H18N2O2/c16-11-5-6-12-13(8-17-14(12)7-11)15(18)19-9-10-3-1-2-4-10/h5-8,10,17H,1-4,9,16H2. The van der Waals surface area contributed by atoms with Crippen molar-refractivity contribution < 1.29 is 9.53 Å². The first-order valence-electron chi connectivity index (χ1n) is 6.78. The van der Waals surface area contributed by atoms with Gasteiger partial charge in [-0.05, 0) is 37.0 Å². The van der Waals surface area contributed by atoms with Crippen molar-refractivity contribution in [1.82, 2.24) is 4.98 Å². The smallest absolute Gasteiger partial charge is 0.340 e. The number of fused-ring (bicyclic) bond motifs is 1. The molecule has 1 aliphatic rings. The second kappa shape index (κ2) is 4.96. The van der Waals surface area contributed by atoms with Gasteiger partial charge >= 0.3 is 5.97 Å². The van der Waals surface area contributed by atoms with E-state index in [1.807, 2.05) is 12.1 Å². The summed E-state index contributed by atoms with van der Waals surface area (Å²) in [5.74, 6) is 0.299. The van der Waals surface area contributed by atoms with Crippen LogP contribution in [-0.4, -0.2) is 17.6 Å². The molecule has 4 nitrogen and oxygen atoms in total. The van der Waals surface area contributed by atoms with Gasteiger partial charge in [0, 0.05) is 22.8 Å². The van der Waals surface area contributed by atoms with Gasteiger partial charge in [-0.3, -0.25) is 0 Å². The number of nitrogens with two attached hydrogens (primary N) is 1. The van der Waals surface area contributed by atoms with Gasteiger partial charge in [0.2, 0.25) is 0 Å². The van der Waals surface area contributed by atoms with Crippen LogP contribution in [0.3, 0.4) is 0 Å². The molecule has 2 aromatic rings. The number of aromatic nitrogens is 1. The van der Waals surface area contributed by atoms with Crippen LogP contribution in [0, 0.1) is 5.92 Å². The average Bonchev–Trinajstić information content (AvgIpc) is 3.04. The van der Waals surface area contributed by atoms with Gasteiger partial charge in [0.15, 0.2) is 0 Å². The highest BCUT2D eigenvalue weighted by Crippen LogP contribution is 2.26. The number of anilines is 1. The van der Waals surface area contributed by atoms with E-state index in [1.54, 1.807) is 12.3 Å². The van der Waals surface area contributed by atoms with Crippen LogP contribution in [0.5, 0.6) is 0 Å². The molecule has 4 heteroatoms. The lowest BCUT2D eigenvalue weighted by Crippen LogP contribution is -2.11. The van der Waals surface area contributed by atoms with Crippen molar-refractivity contribution in [2.75, 3.05) is 12.3 Å². The summed E-state index contributed by atoms with van der Waals surface area (Å²) in [6.45, 7) is 0.542. The van der Waals surface area contributed by atoms with Gasteiger partial charge in [0.25, 0.3) is 0 Å². The zero-order chi connectivity index (χ0) is 13.2. The maximum Gasteiger partial charge on any atom is 0.340 e. The Kier molecular flexibility index (Phi) is 3.15. The first kappa shape index (κ1) is 12.1. The van der Waals surface area contributed by atoms with Crippen LogP contribution >= 0.6 is 0 Å². The molecule has 19 heavy (non-hydrogen) atoms. The molecule has 0 bridgehead atoms. The molecule has 1 aliphatic carbocycles. The van der Waals surface area contributed by atoms with E-state index in [0.717, 1.165) is 10.9 Å². The molecule has 0 unspecified atom stereocenters. The Balaban J connectivity index is 1.74. The molecule has 0 aliphatic heterocycles. The molecule has 1 aromatic carbocycles. The Morgan fingerprint density at radius 3 is 2.95 bits per heavy atom. The summed E-state index contributed by atoms with van der Waals surface area (Å²) in [4.78, 5) is 15.1. The molecule has 0 amide bonds. The van der Waals surface area contributed by atoms with Crippen molar-refractivity contribution in [1.29, 1.82) is 0 Å². The van der Waals surface area contributed by atoms with Crippen LogP contribution < -0.4 is 5.73 Å². The van der Waals surface area contributed by atoms with Gasteiger partial charge in [-0.1, -0.05) is 12.8 Å². The van der Waals surface area contributed by atoms with Crippen LogP contribution in [0.2, 0.25) is 0 Å². The minimum absolute atomic E-state index is 0.247. The van der Waals surface area contributed by atoms with Gasteiger partial charge in [0.05, 0.1) is 12.2 Å². The van der Waals surface area contributed by atoms with E-state index in [2.05, 4.69) is 4.98 Å². The van der Waals surface area contributed by atoms with Gasteiger partial charge in [-0.2, -0.15) is 0 Å². The van der Waals surface area contributed by atoms with E-state index in [0.29, 0.717) is 23.8 Å². The number of nitrogens with one attached hydrogen (secondary N) is 1. The first-order chi connectivity index (χ1) is 9.24. The summed E-state index contributed by atoms with van der Waals surface area (Å²) < 4.78 is 5.42. The van der Waals surface area contributed by atoms with Gasteiger partial charge in [-0.15, -0.1) is 0 Å².